The van der Waals surface area contributed by atoms with Crippen LogP contribution in [-0.2, 0) is 16.1 Å². The number of nitrogens with one attached hydrogen (secondary N) is 2. The highest BCUT2D eigenvalue weighted by Crippen LogP contribution is 2.17. The van der Waals surface area contributed by atoms with Crippen molar-refractivity contribution in [2.24, 2.45) is 0 Å². The Morgan fingerprint density at radius 2 is 2.50 bits per heavy atom. The molecule has 112 valence electrons. The summed E-state index contributed by atoms with van der Waals surface area (Å²) in [5, 5.41) is 9.72. The number of hydrogen-bond donors (Lipinski definition) is 2. The van der Waals surface area contributed by atoms with Crippen LogP contribution in [0.1, 0.15) is 26.2 Å². The van der Waals surface area contributed by atoms with Gasteiger partial charge in [-0.15, -0.1) is 5.10 Å². The molecule has 1 fully saturated rings. The van der Waals surface area contributed by atoms with Crippen LogP contribution < -0.4 is 11.0 Å². The molecule has 7 nitrogen and oxygen atoms in total. The van der Waals surface area contributed by atoms with Crippen LogP contribution in [0.4, 0.5) is 0 Å². The van der Waals surface area contributed by atoms with Gasteiger partial charge in [-0.3, -0.25) is 9.36 Å². The van der Waals surface area contributed by atoms with Crippen LogP contribution in [0.5, 0.6) is 0 Å². The Kier molecular flexibility index (Phi) is 5.66. The minimum atomic E-state index is -0.253. The van der Waals surface area contributed by atoms with E-state index in [1.807, 2.05) is 6.92 Å². The van der Waals surface area contributed by atoms with Crippen LogP contribution in [-0.4, -0.2) is 45.7 Å². The maximum absolute atomic E-state index is 11.7. The van der Waals surface area contributed by atoms with Crippen molar-refractivity contribution in [2.45, 2.75) is 44.0 Å². The van der Waals surface area contributed by atoms with Crippen LogP contribution in [0.15, 0.2) is 9.95 Å². The average molecular weight is 300 g/mol. The molecule has 1 aliphatic heterocycles. The van der Waals surface area contributed by atoms with Gasteiger partial charge in [-0.05, 0) is 19.3 Å². The fourth-order valence-corrected chi connectivity index (χ4v) is 2.80. The second kappa shape index (κ2) is 7.49. The Morgan fingerprint density at radius 3 is 3.20 bits per heavy atom. The fourth-order valence-electron chi connectivity index (χ4n) is 2.01. The van der Waals surface area contributed by atoms with Gasteiger partial charge in [0.25, 0.3) is 0 Å². The van der Waals surface area contributed by atoms with Crippen molar-refractivity contribution in [3.8, 4) is 0 Å². The van der Waals surface area contributed by atoms with Gasteiger partial charge in [0.05, 0.1) is 18.4 Å². The summed E-state index contributed by atoms with van der Waals surface area (Å²) in [6, 6.07) is 0. The van der Waals surface area contributed by atoms with Crippen LogP contribution in [0.25, 0.3) is 0 Å². The Balaban J connectivity index is 1.91. The van der Waals surface area contributed by atoms with E-state index in [9.17, 15) is 9.59 Å². The Morgan fingerprint density at radius 1 is 1.65 bits per heavy atom. The molecule has 20 heavy (non-hydrogen) atoms. The van der Waals surface area contributed by atoms with Crippen LogP contribution in [0.3, 0.4) is 0 Å². The summed E-state index contributed by atoms with van der Waals surface area (Å²) in [6.07, 6.45) is 2.96. The Bertz CT molecular complexity index is 493. The maximum Gasteiger partial charge on any atom is 0.344 e. The van der Waals surface area contributed by atoms with Crippen LogP contribution in [0.2, 0.25) is 0 Å². The van der Waals surface area contributed by atoms with E-state index in [1.54, 1.807) is 4.57 Å². The smallest absolute Gasteiger partial charge is 0.344 e. The molecule has 0 radical (unpaired) electrons. The first-order chi connectivity index (χ1) is 9.70. The van der Waals surface area contributed by atoms with E-state index >= 15 is 0 Å². The van der Waals surface area contributed by atoms with Crippen molar-refractivity contribution in [2.75, 3.05) is 18.9 Å². The number of H-pyrrole nitrogens is 1. The van der Waals surface area contributed by atoms with Gasteiger partial charge in [0.15, 0.2) is 5.16 Å². The number of ether oxygens (including phenoxy) is 1. The number of thioether (sulfide) groups is 1. The van der Waals surface area contributed by atoms with Gasteiger partial charge in [0, 0.05) is 13.2 Å². The molecule has 2 rings (SSSR count). The topological polar surface area (TPSA) is 89.0 Å². The second-order valence-corrected chi connectivity index (χ2v) is 5.64. The molecule has 1 aromatic rings. The van der Waals surface area contributed by atoms with Gasteiger partial charge in [-0.25, -0.2) is 9.89 Å². The molecule has 0 spiro atoms. The summed E-state index contributed by atoms with van der Waals surface area (Å²) < 4.78 is 7.07. The minimum absolute atomic E-state index is 0.0454. The molecule has 1 aliphatic rings. The van der Waals surface area contributed by atoms with Gasteiger partial charge >= 0.3 is 5.69 Å². The molecule has 0 saturated carbocycles. The van der Waals surface area contributed by atoms with Gasteiger partial charge in [0.2, 0.25) is 5.91 Å². The second-order valence-electron chi connectivity index (χ2n) is 4.70. The standard InChI is InChI=1S/C12H20N4O3S/c1-2-5-13-10(17)8-20-12-15-14-11(18)16(12)7-9-4-3-6-19-9/h9H,2-8H2,1H3,(H,13,17)(H,14,18). The van der Waals surface area contributed by atoms with Gasteiger partial charge in [0.1, 0.15) is 0 Å². The van der Waals surface area contributed by atoms with Crippen molar-refractivity contribution in [3.63, 3.8) is 0 Å². The lowest BCUT2D eigenvalue weighted by Gasteiger charge is -2.10. The van der Waals surface area contributed by atoms with Crippen molar-refractivity contribution in [1.29, 1.82) is 0 Å². The normalized spacial score (nSPS) is 18.4. The number of amides is 1. The summed E-state index contributed by atoms with van der Waals surface area (Å²) in [7, 11) is 0. The number of carbonyl (C=O) groups excluding carboxylic acids is 1. The average Bonchev–Trinajstić information content (AvgIpc) is 3.06. The first-order valence-electron chi connectivity index (χ1n) is 6.87. The first kappa shape index (κ1) is 15.1. The zero-order valence-electron chi connectivity index (χ0n) is 11.6. The third-order valence-electron chi connectivity index (χ3n) is 3.04. The molecule has 0 aromatic carbocycles. The molecule has 0 bridgehead atoms. The van der Waals surface area contributed by atoms with Gasteiger partial charge in [-0.1, -0.05) is 18.7 Å². The highest BCUT2D eigenvalue weighted by atomic mass is 32.2. The number of carbonyl (C=O) groups is 1. The molecule has 0 aliphatic carbocycles. The summed E-state index contributed by atoms with van der Waals surface area (Å²) in [5.41, 5.74) is -0.253. The SMILES string of the molecule is CCCNC(=O)CSc1n[nH]c(=O)n1CC1CCCO1. The maximum atomic E-state index is 11.7. The van der Waals surface area contributed by atoms with Gasteiger partial charge in [-0.2, -0.15) is 0 Å². The zero-order valence-corrected chi connectivity index (χ0v) is 12.4. The van der Waals surface area contributed by atoms with E-state index in [4.69, 9.17) is 4.74 Å². The number of aromatic nitrogens is 3. The fraction of sp³-hybridized carbons (Fsp3) is 0.750. The van der Waals surface area contributed by atoms with E-state index in [2.05, 4.69) is 15.5 Å². The molecule has 1 amide bonds. The summed E-state index contributed by atoms with van der Waals surface area (Å²) in [5.74, 6) is 0.214. The van der Waals surface area contributed by atoms with E-state index in [0.29, 0.717) is 18.2 Å². The monoisotopic (exact) mass is 300 g/mol. The number of rotatable bonds is 7. The summed E-state index contributed by atoms with van der Waals surface area (Å²) in [6.45, 7) is 3.91. The lowest BCUT2D eigenvalue weighted by molar-refractivity contribution is -0.118. The first-order valence-corrected chi connectivity index (χ1v) is 7.85. The predicted molar refractivity (Wildman–Crippen MR) is 75.8 cm³/mol. The number of nitrogens with zero attached hydrogens (tertiary/aromatic N) is 2. The predicted octanol–water partition coefficient (Wildman–Crippen LogP) is 0.369. The van der Waals surface area contributed by atoms with Crippen LogP contribution in [0, 0.1) is 0 Å². The van der Waals surface area contributed by atoms with Crippen LogP contribution >= 0.6 is 11.8 Å². The van der Waals surface area contributed by atoms with E-state index in [1.165, 1.54) is 11.8 Å². The van der Waals surface area contributed by atoms with Crippen molar-refractivity contribution < 1.29 is 9.53 Å². The minimum Gasteiger partial charge on any atom is -0.376 e. The molecule has 2 N–H and O–H groups in total. The molecule has 1 saturated heterocycles. The third kappa shape index (κ3) is 4.11. The molecular weight excluding hydrogens is 280 g/mol. The summed E-state index contributed by atoms with van der Waals surface area (Å²) in [4.78, 5) is 23.3. The Labute approximate surface area is 121 Å². The van der Waals surface area contributed by atoms with Crippen molar-refractivity contribution in [3.05, 3.63) is 10.5 Å². The molecule has 2 heterocycles. The Hall–Kier alpha value is -1.28. The lowest BCUT2D eigenvalue weighted by atomic mass is 10.2. The zero-order chi connectivity index (χ0) is 14.4. The largest absolute Gasteiger partial charge is 0.376 e. The third-order valence-corrected chi connectivity index (χ3v) is 4.01. The lowest BCUT2D eigenvalue weighted by Crippen LogP contribution is -2.27. The van der Waals surface area contributed by atoms with Gasteiger partial charge < -0.3 is 10.1 Å². The highest BCUT2D eigenvalue weighted by molar-refractivity contribution is 7.99. The van der Waals surface area contributed by atoms with E-state index in [-0.39, 0.29) is 23.5 Å². The highest BCUT2D eigenvalue weighted by Gasteiger charge is 2.20. The number of aromatic amines is 1. The van der Waals surface area contributed by atoms with E-state index in [0.717, 1.165) is 25.9 Å². The molecule has 8 heteroatoms. The molecule has 1 aromatic heterocycles. The molecule has 1 atom stereocenters. The molecular formula is C12H20N4O3S. The van der Waals surface area contributed by atoms with E-state index < -0.39 is 0 Å². The van der Waals surface area contributed by atoms with Crippen molar-refractivity contribution >= 4 is 17.7 Å². The summed E-state index contributed by atoms with van der Waals surface area (Å²) >= 11 is 1.26. The van der Waals surface area contributed by atoms with Crippen molar-refractivity contribution in [1.82, 2.24) is 20.1 Å². The molecule has 1 unspecified atom stereocenters. The number of hydrogen-bond acceptors (Lipinski definition) is 5. The quantitative estimate of drug-likeness (QED) is 0.710.